The molecule has 0 unspecified atom stereocenters. The Kier molecular flexibility index (Phi) is 3.33. The van der Waals surface area contributed by atoms with E-state index in [-0.39, 0.29) is 11.8 Å². The van der Waals surface area contributed by atoms with Crippen LogP contribution in [-0.4, -0.2) is 58.5 Å². The number of carbonyl (C=O) groups excluding carboxylic acids is 2. The zero-order valence-corrected chi connectivity index (χ0v) is 11.8. The molecule has 0 spiro atoms. The number of carbonyl (C=O) groups is 2. The number of rotatable bonds is 2. The van der Waals surface area contributed by atoms with Crippen molar-refractivity contribution in [2.45, 2.75) is 18.4 Å². The van der Waals surface area contributed by atoms with Gasteiger partial charge in [0.15, 0.2) is 0 Å². The molecule has 3 rings (SSSR count). The van der Waals surface area contributed by atoms with E-state index in [2.05, 4.69) is 0 Å². The number of aliphatic hydroxyl groups is 1. The second-order valence-electron chi connectivity index (χ2n) is 5.74. The highest BCUT2D eigenvalue weighted by molar-refractivity contribution is 5.95. The van der Waals surface area contributed by atoms with Gasteiger partial charge in [-0.2, -0.15) is 0 Å². The van der Waals surface area contributed by atoms with E-state index in [4.69, 9.17) is 5.73 Å². The summed E-state index contributed by atoms with van der Waals surface area (Å²) in [5, 5.41) is 9.85. The topological polar surface area (TPSA) is 86.9 Å². The molecule has 1 heterocycles. The summed E-state index contributed by atoms with van der Waals surface area (Å²) in [5.41, 5.74) is 5.72. The second kappa shape index (κ2) is 5.04. The Morgan fingerprint density at radius 1 is 1.00 bits per heavy atom. The Morgan fingerprint density at radius 3 is 2.05 bits per heavy atom. The highest BCUT2D eigenvalue weighted by Crippen LogP contribution is 2.37. The van der Waals surface area contributed by atoms with Crippen molar-refractivity contribution in [1.29, 1.82) is 0 Å². The summed E-state index contributed by atoms with van der Waals surface area (Å²) in [5.74, 6) is -0.241. The lowest BCUT2D eigenvalue weighted by Gasteiger charge is -2.35. The molecule has 6 heteroatoms. The summed E-state index contributed by atoms with van der Waals surface area (Å²) in [6.07, 6.45) is 1.10. The first-order chi connectivity index (χ1) is 9.99. The summed E-state index contributed by atoms with van der Waals surface area (Å²) in [6.45, 7) is 1.93. The van der Waals surface area contributed by atoms with Gasteiger partial charge in [0.25, 0.3) is 11.8 Å². The first kappa shape index (κ1) is 13.9. The van der Waals surface area contributed by atoms with E-state index < -0.39 is 5.60 Å². The van der Waals surface area contributed by atoms with Crippen molar-refractivity contribution in [1.82, 2.24) is 9.80 Å². The molecule has 2 fully saturated rings. The minimum atomic E-state index is -1.12. The van der Waals surface area contributed by atoms with Crippen LogP contribution in [0.2, 0.25) is 0 Å². The SMILES string of the molecule is Nc1ccc(C(=O)N2CCN(C(=O)C3(O)CC3)CC2)cc1. The van der Waals surface area contributed by atoms with E-state index in [0.29, 0.717) is 50.3 Å². The highest BCUT2D eigenvalue weighted by atomic mass is 16.3. The minimum absolute atomic E-state index is 0.0489. The molecule has 3 N–H and O–H groups in total. The third kappa shape index (κ3) is 2.71. The van der Waals surface area contributed by atoms with E-state index in [1.807, 2.05) is 0 Å². The summed E-state index contributed by atoms with van der Waals surface area (Å²) in [6, 6.07) is 6.83. The van der Waals surface area contributed by atoms with Crippen LogP contribution >= 0.6 is 0 Å². The van der Waals surface area contributed by atoms with Crippen molar-refractivity contribution < 1.29 is 14.7 Å². The van der Waals surface area contributed by atoms with Crippen LogP contribution in [0.15, 0.2) is 24.3 Å². The largest absolute Gasteiger partial charge is 0.399 e. The molecule has 21 heavy (non-hydrogen) atoms. The molecule has 2 amide bonds. The molecular weight excluding hydrogens is 270 g/mol. The third-order valence-electron chi connectivity index (χ3n) is 4.13. The van der Waals surface area contributed by atoms with Crippen molar-refractivity contribution in [3.05, 3.63) is 29.8 Å². The van der Waals surface area contributed by atoms with Crippen molar-refractivity contribution in [3.63, 3.8) is 0 Å². The van der Waals surface area contributed by atoms with Gasteiger partial charge in [-0.05, 0) is 37.1 Å². The molecule has 1 saturated carbocycles. The fraction of sp³-hybridized carbons (Fsp3) is 0.467. The van der Waals surface area contributed by atoms with Gasteiger partial charge >= 0.3 is 0 Å². The fourth-order valence-corrected chi connectivity index (χ4v) is 2.55. The molecule has 1 saturated heterocycles. The predicted octanol–water partition coefficient (Wildman–Crippen LogP) is 0.0781. The van der Waals surface area contributed by atoms with Crippen LogP contribution in [0.5, 0.6) is 0 Å². The normalized spacial score (nSPS) is 20.2. The Hall–Kier alpha value is -2.08. The molecule has 1 aliphatic carbocycles. The van der Waals surface area contributed by atoms with Gasteiger partial charge in [0.2, 0.25) is 0 Å². The second-order valence-corrected chi connectivity index (χ2v) is 5.74. The monoisotopic (exact) mass is 289 g/mol. The maximum Gasteiger partial charge on any atom is 0.254 e. The van der Waals surface area contributed by atoms with Crippen LogP contribution in [0.25, 0.3) is 0 Å². The van der Waals surface area contributed by atoms with E-state index in [1.54, 1.807) is 34.1 Å². The summed E-state index contributed by atoms with van der Waals surface area (Å²) >= 11 is 0. The number of amides is 2. The first-order valence-corrected chi connectivity index (χ1v) is 7.16. The van der Waals surface area contributed by atoms with Crippen LogP contribution in [0.4, 0.5) is 5.69 Å². The molecule has 0 atom stereocenters. The zero-order valence-electron chi connectivity index (χ0n) is 11.8. The number of nitrogens with zero attached hydrogens (tertiary/aromatic N) is 2. The molecule has 6 nitrogen and oxygen atoms in total. The van der Waals surface area contributed by atoms with Crippen molar-refractivity contribution in [2.24, 2.45) is 0 Å². The van der Waals surface area contributed by atoms with Crippen molar-refractivity contribution >= 4 is 17.5 Å². The third-order valence-corrected chi connectivity index (χ3v) is 4.13. The van der Waals surface area contributed by atoms with Gasteiger partial charge in [0.1, 0.15) is 5.60 Å². The maximum absolute atomic E-state index is 12.3. The molecule has 1 aromatic carbocycles. The Balaban J connectivity index is 1.59. The van der Waals surface area contributed by atoms with Gasteiger partial charge in [0.05, 0.1) is 0 Å². The van der Waals surface area contributed by atoms with Crippen LogP contribution in [0.3, 0.4) is 0 Å². The standard InChI is InChI=1S/C15H19N3O3/c16-12-3-1-11(2-4-12)13(19)17-7-9-18(10-8-17)14(20)15(21)5-6-15/h1-4,21H,5-10,16H2. The zero-order chi connectivity index (χ0) is 15.0. The number of hydrogen-bond acceptors (Lipinski definition) is 4. The summed E-state index contributed by atoms with van der Waals surface area (Å²) in [7, 11) is 0. The maximum atomic E-state index is 12.3. The lowest BCUT2D eigenvalue weighted by molar-refractivity contribution is -0.143. The Morgan fingerprint density at radius 2 is 1.52 bits per heavy atom. The summed E-state index contributed by atoms with van der Waals surface area (Å²) in [4.78, 5) is 27.7. The van der Waals surface area contributed by atoms with Gasteiger partial charge in [0, 0.05) is 37.4 Å². The van der Waals surface area contributed by atoms with Gasteiger partial charge in [-0.15, -0.1) is 0 Å². The highest BCUT2D eigenvalue weighted by Gasteiger charge is 2.50. The average molecular weight is 289 g/mol. The molecule has 0 aromatic heterocycles. The first-order valence-electron chi connectivity index (χ1n) is 7.16. The number of piperazine rings is 1. The smallest absolute Gasteiger partial charge is 0.254 e. The summed E-state index contributed by atoms with van der Waals surface area (Å²) < 4.78 is 0. The fourth-order valence-electron chi connectivity index (χ4n) is 2.55. The van der Waals surface area contributed by atoms with Crippen LogP contribution in [-0.2, 0) is 4.79 Å². The van der Waals surface area contributed by atoms with Crippen LogP contribution in [0, 0.1) is 0 Å². The number of benzene rings is 1. The molecule has 1 aliphatic heterocycles. The van der Waals surface area contributed by atoms with Gasteiger partial charge < -0.3 is 20.6 Å². The van der Waals surface area contributed by atoms with Gasteiger partial charge in [-0.1, -0.05) is 0 Å². The number of hydrogen-bond donors (Lipinski definition) is 2. The lowest BCUT2D eigenvalue weighted by Crippen LogP contribution is -2.53. The molecular formula is C15H19N3O3. The Labute approximate surface area is 123 Å². The van der Waals surface area contributed by atoms with Gasteiger partial charge in [-0.3, -0.25) is 9.59 Å². The van der Waals surface area contributed by atoms with Gasteiger partial charge in [-0.25, -0.2) is 0 Å². The molecule has 112 valence electrons. The van der Waals surface area contributed by atoms with E-state index in [1.165, 1.54) is 0 Å². The number of anilines is 1. The van der Waals surface area contributed by atoms with Crippen LogP contribution < -0.4 is 5.73 Å². The van der Waals surface area contributed by atoms with E-state index >= 15 is 0 Å². The molecule has 0 radical (unpaired) electrons. The predicted molar refractivity (Wildman–Crippen MR) is 77.5 cm³/mol. The quantitative estimate of drug-likeness (QED) is 0.755. The lowest BCUT2D eigenvalue weighted by atomic mass is 10.1. The minimum Gasteiger partial charge on any atom is -0.399 e. The average Bonchev–Trinajstić information content (AvgIpc) is 3.26. The van der Waals surface area contributed by atoms with Crippen LogP contribution in [0.1, 0.15) is 23.2 Å². The van der Waals surface area contributed by atoms with E-state index in [9.17, 15) is 14.7 Å². The number of nitrogens with two attached hydrogens (primary N) is 1. The van der Waals surface area contributed by atoms with E-state index in [0.717, 1.165) is 0 Å². The molecule has 1 aromatic rings. The molecule has 2 aliphatic rings. The van der Waals surface area contributed by atoms with Crippen molar-refractivity contribution in [3.8, 4) is 0 Å². The van der Waals surface area contributed by atoms with Crippen molar-refractivity contribution in [2.75, 3.05) is 31.9 Å². The Bertz CT molecular complexity index is 558. The number of nitrogen functional groups attached to an aromatic ring is 1. The molecule has 0 bridgehead atoms.